The van der Waals surface area contributed by atoms with Crippen LogP contribution in [0.3, 0.4) is 0 Å². The molecule has 33 heavy (non-hydrogen) atoms. The van der Waals surface area contributed by atoms with Crippen molar-refractivity contribution >= 4 is 36.2 Å². The number of benzene rings is 2. The average Bonchev–Trinajstić information content (AvgIpc) is 3.50. The van der Waals surface area contributed by atoms with Gasteiger partial charge >= 0.3 is 0 Å². The summed E-state index contributed by atoms with van der Waals surface area (Å²) in [6.07, 6.45) is 1.44. The topological polar surface area (TPSA) is 92.8 Å². The van der Waals surface area contributed by atoms with Crippen molar-refractivity contribution < 1.29 is 21.6 Å². The molecular formula is C23H26N2O5S3. The number of thiophene rings is 1. The molecule has 2 heterocycles. The zero-order valence-corrected chi connectivity index (χ0v) is 20.6. The third-order valence-electron chi connectivity index (χ3n) is 5.56. The van der Waals surface area contributed by atoms with Crippen LogP contribution in [0.4, 0.5) is 5.00 Å². The first kappa shape index (κ1) is 23.9. The second-order valence-corrected chi connectivity index (χ2v) is 12.9. The summed E-state index contributed by atoms with van der Waals surface area (Å²) in [6, 6.07) is 18.2. The van der Waals surface area contributed by atoms with Crippen LogP contribution in [0.5, 0.6) is 0 Å². The third-order valence-corrected chi connectivity index (χ3v) is 10.9. The zero-order chi connectivity index (χ0) is 23.5. The number of nitrogens with zero attached hydrogens (tertiary/aromatic N) is 1. The van der Waals surface area contributed by atoms with Gasteiger partial charge in [0.2, 0.25) is 19.9 Å². The van der Waals surface area contributed by atoms with Gasteiger partial charge in [0, 0.05) is 19.6 Å². The lowest BCUT2D eigenvalue weighted by molar-refractivity contribution is 0.0873. The van der Waals surface area contributed by atoms with Gasteiger partial charge in [-0.3, -0.25) is 0 Å². The highest BCUT2D eigenvalue weighted by atomic mass is 32.2. The van der Waals surface area contributed by atoms with Crippen molar-refractivity contribution in [1.82, 2.24) is 4.31 Å². The number of ether oxygens (including phenoxy) is 1. The molecule has 0 aliphatic carbocycles. The van der Waals surface area contributed by atoms with Crippen LogP contribution in [0.1, 0.15) is 18.4 Å². The second kappa shape index (κ2) is 9.94. The van der Waals surface area contributed by atoms with Gasteiger partial charge in [0.25, 0.3) is 0 Å². The van der Waals surface area contributed by atoms with Crippen molar-refractivity contribution in [2.75, 3.05) is 25.5 Å². The van der Waals surface area contributed by atoms with E-state index >= 15 is 0 Å². The molecule has 1 saturated heterocycles. The average molecular weight is 507 g/mol. The van der Waals surface area contributed by atoms with Gasteiger partial charge in [-0.15, -0.1) is 11.3 Å². The van der Waals surface area contributed by atoms with Gasteiger partial charge in [0.05, 0.1) is 28.0 Å². The SMILES string of the molecule is CNc1ccc(S(=O)(=O)c2cccc(S(=O)(=O)N3CCC[C@H]3COCc3ccccc3)c2)s1. The first-order valence-corrected chi connectivity index (χ1v) is 14.3. The van der Waals surface area contributed by atoms with Crippen molar-refractivity contribution in [3.8, 4) is 0 Å². The van der Waals surface area contributed by atoms with Crippen LogP contribution in [0.15, 0.2) is 80.7 Å². The van der Waals surface area contributed by atoms with Crippen LogP contribution in [0.25, 0.3) is 0 Å². The van der Waals surface area contributed by atoms with Crippen molar-refractivity contribution in [3.05, 3.63) is 72.3 Å². The molecule has 0 bridgehead atoms. The Kier molecular flexibility index (Phi) is 7.20. The highest BCUT2D eigenvalue weighted by Gasteiger charge is 2.36. The largest absolute Gasteiger partial charge is 0.380 e. The Bertz CT molecular complexity index is 1300. The number of hydrogen-bond donors (Lipinski definition) is 1. The van der Waals surface area contributed by atoms with E-state index in [0.717, 1.165) is 23.3 Å². The maximum absolute atomic E-state index is 13.4. The molecule has 0 unspecified atom stereocenters. The van der Waals surface area contributed by atoms with Crippen LogP contribution >= 0.6 is 11.3 Å². The molecule has 0 saturated carbocycles. The lowest BCUT2D eigenvalue weighted by Crippen LogP contribution is -2.38. The summed E-state index contributed by atoms with van der Waals surface area (Å²) in [5, 5.41) is 3.63. The van der Waals surface area contributed by atoms with E-state index in [-0.39, 0.29) is 26.6 Å². The second-order valence-electron chi connectivity index (χ2n) is 7.76. The van der Waals surface area contributed by atoms with E-state index in [1.807, 2.05) is 30.3 Å². The molecule has 2 aromatic carbocycles. The summed E-state index contributed by atoms with van der Waals surface area (Å²) in [5.41, 5.74) is 1.03. The highest BCUT2D eigenvalue weighted by molar-refractivity contribution is 7.93. The maximum atomic E-state index is 13.4. The van der Waals surface area contributed by atoms with Crippen molar-refractivity contribution in [1.29, 1.82) is 0 Å². The van der Waals surface area contributed by atoms with Crippen molar-refractivity contribution in [2.45, 2.75) is 39.5 Å². The Morgan fingerprint density at radius 3 is 2.48 bits per heavy atom. The molecule has 10 heteroatoms. The van der Waals surface area contributed by atoms with Crippen LogP contribution in [0.2, 0.25) is 0 Å². The van der Waals surface area contributed by atoms with E-state index in [9.17, 15) is 16.8 Å². The molecule has 176 valence electrons. The smallest absolute Gasteiger partial charge is 0.243 e. The van der Waals surface area contributed by atoms with E-state index in [2.05, 4.69) is 5.32 Å². The van der Waals surface area contributed by atoms with Crippen LogP contribution in [-0.4, -0.2) is 47.4 Å². The van der Waals surface area contributed by atoms with E-state index < -0.39 is 19.9 Å². The van der Waals surface area contributed by atoms with Gasteiger partial charge in [-0.1, -0.05) is 36.4 Å². The molecule has 3 aromatic rings. The third kappa shape index (κ3) is 5.15. The fourth-order valence-corrected chi connectivity index (χ4v) is 8.24. The predicted octanol–water partition coefficient (Wildman–Crippen LogP) is 3.99. The standard InChI is InChI=1S/C23H26N2O5S3/c1-24-22-12-13-23(31-22)32(26,27)20-10-5-11-21(15-20)33(28,29)25-14-6-9-19(25)17-30-16-18-7-3-2-4-8-18/h2-5,7-8,10-13,15,19,24H,6,9,14,16-17H2,1H3/t19-/m0/s1. The monoisotopic (exact) mass is 506 g/mol. The van der Waals surface area contributed by atoms with Crippen LogP contribution in [-0.2, 0) is 31.2 Å². The summed E-state index contributed by atoms with van der Waals surface area (Å²) >= 11 is 1.11. The fourth-order valence-electron chi connectivity index (χ4n) is 3.83. The summed E-state index contributed by atoms with van der Waals surface area (Å²) in [5.74, 6) is 0. The number of hydrogen-bond acceptors (Lipinski definition) is 7. The minimum atomic E-state index is -3.87. The van der Waals surface area contributed by atoms with Gasteiger partial charge in [0.1, 0.15) is 4.21 Å². The number of anilines is 1. The summed E-state index contributed by atoms with van der Waals surface area (Å²) < 4.78 is 60.3. The van der Waals surface area contributed by atoms with E-state index in [0.29, 0.717) is 24.6 Å². The lowest BCUT2D eigenvalue weighted by atomic mass is 10.2. The highest BCUT2D eigenvalue weighted by Crippen LogP contribution is 2.33. The minimum absolute atomic E-state index is 0.0241. The molecule has 1 fully saturated rings. The molecule has 4 rings (SSSR count). The molecule has 0 amide bonds. The molecule has 1 N–H and O–H groups in total. The quantitative estimate of drug-likeness (QED) is 0.472. The molecule has 0 radical (unpaired) electrons. The van der Waals surface area contributed by atoms with Gasteiger partial charge in [-0.05, 0) is 48.7 Å². The van der Waals surface area contributed by atoms with E-state index in [1.54, 1.807) is 13.1 Å². The fraction of sp³-hybridized carbons (Fsp3) is 0.304. The predicted molar refractivity (Wildman–Crippen MR) is 129 cm³/mol. The Balaban J connectivity index is 1.53. The molecule has 1 aliphatic heterocycles. The van der Waals surface area contributed by atoms with Crippen molar-refractivity contribution in [3.63, 3.8) is 0 Å². The number of nitrogens with one attached hydrogen (secondary N) is 1. The first-order chi connectivity index (χ1) is 15.8. The molecule has 1 atom stereocenters. The summed E-state index contributed by atoms with van der Waals surface area (Å²) in [6.45, 7) is 1.08. The van der Waals surface area contributed by atoms with Crippen LogP contribution < -0.4 is 5.32 Å². The number of sulfonamides is 1. The molecule has 0 spiro atoms. The minimum Gasteiger partial charge on any atom is -0.380 e. The summed E-state index contributed by atoms with van der Waals surface area (Å²) in [7, 11) is -5.98. The molecule has 7 nitrogen and oxygen atoms in total. The van der Waals surface area contributed by atoms with Gasteiger partial charge in [-0.25, -0.2) is 16.8 Å². The van der Waals surface area contributed by atoms with Crippen molar-refractivity contribution in [2.24, 2.45) is 0 Å². The zero-order valence-electron chi connectivity index (χ0n) is 18.2. The Hall–Kier alpha value is -2.24. The van der Waals surface area contributed by atoms with Gasteiger partial charge < -0.3 is 10.1 Å². The number of sulfone groups is 1. The van der Waals surface area contributed by atoms with Crippen LogP contribution in [0, 0.1) is 0 Å². The first-order valence-electron chi connectivity index (χ1n) is 10.6. The molecular weight excluding hydrogens is 480 g/mol. The molecule has 1 aromatic heterocycles. The Morgan fingerprint density at radius 1 is 1.00 bits per heavy atom. The molecule has 1 aliphatic rings. The Morgan fingerprint density at radius 2 is 1.76 bits per heavy atom. The van der Waals surface area contributed by atoms with E-state index in [1.165, 1.54) is 34.6 Å². The van der Waals surface area contributed by atoms with Gasteiger partial charge in [-0.2, -0.15) is 4.31 Å². The lowest BCUT2D eigenvalue weighted by Gasteiger charge is -2.24. The van der Waals surface area contributed by atoms with E-state index in [4.69, 9.17) is 4.74 Å². The Labute approximate surface area is 199 Å². The number of rotatable bonds is 9. The maximum Gasteiger partial charge on any atom is 0.243 e. The normalized spacial score (nSPS) is 17.3. The van der Waals surface area contributed by atoms with Gasteiger partial charge in [0.15, 0.2) is 0 Å². The summed E-state index contributed by atoms with van der Waals surface area (Å²) in [4.78, 5) is -0.0620.